The molecule has 0 saturated heterocycles. The van der Waals surface area contributed by atoms with Gasteiger partial charge in [-0.3, -0.25) is 9.98 Å². The van der Waals surface area contributed by atoms with Crippen LogP contribution in [0.25, 0.3) is 0 Å². The summed E-state index contributed by atoms with van der Waals surface area (Å²) >= 11 is 0. The van der Waals surface area contributed by atoms with Gasteiger partial charge < -0.3 is 18.3 Å². The standard InChI is InChI=1S/C35H38N2O4Si/c1-5-22-42(4)40-34-28(10-8-12-32(34)38-6-2)24-36-30-18-14-26(15-19-30)23-27-16-20-31(21-17-27)37-25-29-11-9-13-33(39-7-3)35(29)41-42/h8-21,24-25H,5-7,22-23H2,1-4H3. The van der Waals surface area contributed by atoms with E-state index >= 15 is 0 Å². The zero-order chi connectivity index (χ0) is 29.4. The molecule has 7 heteroatoms. The highest BCUT2D eigenvalue weighted by Crippen LogP contribution is 2.38. The van der Waals surface area contributed by atoms with E-state index in [9.17, 15) is 0 Å². The first-order valence-electron chi connectivity index (χ1n) is 14.7. The van der Waals surface area contributed by atoms with Crippen molar-refractivity contribution in [3.63, 3.8) is 0 Å². The van der Waals surface area contributed by atoms with E-state index < -0.39 is 8.56 Å². The molecular formula is C35H38N2O4Si. The van der Waals surface area contributed by atoms with Crippen molar-refractivity contribution >= 4 is 32.4 Å². The van der Waals surface area contributed by atoms with Crippen molar-refractivity contribution in [3.8, 4) is 23.0 Å². The van der Waals surface area contributed by atoms with Gasteiger partial charge in [-0.15, -0.1) is 0 Å². The van der Waals surface area contributed by atoms with Gasteiger partial charge in [0.25, 0.3) is 0 Å². The average Bonchev–Trinajstić information content (AvgIpc) is 2.99. The van der Waals surface area contributed by atoms with E-state index in [-0.39, 0.29) is 0 Å². The Bertz CT molecular complexity index is 1440. The normalized spacial score (nSPS) is 16.2. The van der Waals surface area contributed by atoms with Gasteiger partial charge in [0.2, 0.25) is 0 Å². The first-order chi connectivity index (χ1) is 20.5. The molecule has 0 atom stereocenters. The van der Waals surface area contributed by atoms with Crippen LogP contribution in [0.2, 0.25) is 12.6 Å². The second-order valence-electron chi connectivity index (χ2n) is 10.3. The van der Waals surface area contributed by atoms with E-state index in [0.29, 0.717) is 36.2 Å². The summed E-state index contributed by atoms with van der Waals surface area (Å²) in [7, 11) is -2.91. The fourth-order valence-corrected chi connectivity index (χ4v) is 7.41. The minimum absolute atomic E-state index is 0.514. The summed E-state index contributed by atoms with van der Waals surface area (Å²) in [5.74, 6) is 2.61. The molecule has 42 heavy (non-hydrogen) atoms. The van der Waals surface area contributed by atoms with Crippen LogP contribution in [0.1, 0.15) is 49.4 Å². The Kier molecular flexibility index (Phi) is 9.39. The Morgan fingerprint density at radius 2 is 1.10 bits per heavy atom. The molecule has 6 nitrogen and oxygen atoms in total. The summed E-state index contributed by atoms with van der Waals surface area (Å²) in [6, 6.07) is 29.2. The minimum atomic E-state index is -2.91. The summed E-state index contributed by atoms with van der Waals surface area (Å²) in [6.07, 6.45) is 5.41. The number of ether oxygens (including phenoxy) is 2. The number of hydrogen-bond acceptors (Lipinski definition) is 6. The van der Waals surface area contributed by atoms with Crippen LogP contribution in [-0.2, 0) is 6.42 Å². The van der Waals surface area contributed by atoms with Crippen molar-refractivity contribution in [2.24, 2.45) is 9.98 Å². The molecule has 0 aliphatic carbocycles. The SMILES string of the molecule is CCC[Si]1(C)Oc2c(cccc2OCC)C=Nc2ccc(cc2)Cc2ccc(cc2)N=Cc2cccc(OCC)c2O1. The van der Waals surface area contributed by atoms with Gasteiger partial charge in [-0.2, -0.15) is 0 Å². The number of benzene rings is 4. The third kappa shape index (κ3) is 7.09. The summed E-state index contributed by atoms with van der Waals surface area (Å²) in [4.78, 5) is 9.59. The Hall–Kier alpha value is -4.36. The second kappa shape index (κ2) is 13.5. The maximum atomic E-state index is 6.93. The molecule has 0 aromatic heterocycles. The van der Waals surface area contributed by atoms with E-state index in [0.717, 1.165) is 41.4 Å². The van der Waals surface area contributed by atoms with E-state index in [4.69, 9.17) is 28.3 Å². The maximum absolute atomic E-state index is 6.93. The van der Waals surface area contributed by atoms with E-state index in [1.54, 1.807) is 0 Å². The first-order valence-corrected chi connectivity index (χ1v) is 17.2. The van der Waals surface area contributed by atoms with Gasteiger partial charge in [-0.05, 0) is 79.9 Å². The van der Waals surface area contributed by atoms with Gasteiger partial charge in [0.1, 0.15) is 0 Å². The molecule has 0 saturated carbocycles. The largest absolute Gasteiger partial charge is 0.508 e. The Labute approximate surface area is 249 Å². The lowest BCUT2D eigenvalue weighted by Crippen LogP contribution is -2.45. The van der Waals surface area contributed by atoms with Crippen molar-refractivity contribution in [3.05, 3.63) is 107 Å². The van der Waals surface area contributed by atoms with Crippen molar-refractivity contribution in [1.82, 2.24) is 0 Å². The summed E-state index contributed by atoms with van der Waals surface area (Å²) in [6.45, 7) is 9.20. The summed E-state index contributed by atoms with van der Waals surface area (Å²) in [5.41, 5.74) is 5.83. The van der Waals surface area contributed by atoms with Gasteiger partial charge in [0.15, 0.2) is 23.0 Å². The molecule has 216 valence electrons. The van der Waals surface area contributed by atoms with E-state index in [1.807, 2.05) is 86.9 Å². The van der Waals surface area contributed by atoms with Crippen LogP contribution in [0.4, 0.5) is 11.4 Å². The maximum Gasteiger partial charge on any atom is 0.457 e. The lowest BCUT2D eigenvalue weighted by atomic mass is 10.0. The molecule has 0 unspecified atom stereocenters. The molecule has 4 bridgehead atoms. The van der Waals surface area contributed by atoms with Crippen molar-refractivity contribution < 1.29 is 18.3 Å². The fourth-order valence-electron chi connectivity index (χ4n) is 4.96. The molecule has 7 rings (SSSR count). The number of hydrogen-bond donors (Lipinski definition) is 0. The van der Waals surface area contributed by atoms with Crippen LogP contribution < -0.4 is 18.3 Å². The lowest BCUT2D eigenvalue weighted by molar-refractivity contribution is 0.303. The van der Waals surface area contributed by atoms with Gasteiger partial charge >= 0.3 is 8.56 Å². The quantitative estimate of drug-likeness (QED) is 0.215. The molecule has 4 aromatic rings. The molecular weight excluding hydrogens is 540 g/mol. The highest BCUT2D eigenvalue weighted by molar-refractivity contribution is 6.67. The third-order valence-corrected chi connectivity index (χ3v) is 9.62. The van der Waals surface area contributed by atoms with Crippen LogP contribution in [0, 0.1) is 0 Å². The molecule has 3 aliphatic rings. The predicted molar refractivity (Wildman–Crippen MR) is 173 cm³/mol. The Balaban J connectivity index is 1.66. The van der Waals surface area contributed by atoms with Gasteiger partial charge in [-0.1, -0.05) is 49.7 Å². The minimum Gasteiger partial charge on any atom is -0.508 e. The second-order valence-corrected chi connectivity index (χ2v) is 13.5. The van der Waals surface area contributed by atoms with Crippen LogP contribution in [0.3, 0.4) is 0 Å². The van der Waals surface area contributed by atoms with Crippen molar-refractivity contribution in [2.75, 3.05) is 13.2 Å². The van der Waals surface area contributed by atoms with Crippen molar-refractivity contribution in [1.29, 1.82) is 0 Å². The topological polar surface area (TPSA) is 61.6 Å². The van der Waals surface area contributed by atoms with Crippen LogP contribution in [0.5, 0.6) is 23.0 Å². The number of aliphatic imine (C=N–C) groups is 2. The molecule has 0 amide bonds. The molecule has 3 heterocycles. The van der Waals surface area contributed by atoms with Crippen LogP contribution in [-0.4, -0.2) is 34.2 Å². The third-order valence-electron chi connectivity index (χ3n) is 6.94. The molecule has 0 radical (unpaired) electrons. The predicted octanol–water partition coefficient (Wildman–Crippen LogP) is 8.83. The number of fused-ring (bicyclic) bond motifs is 2. The number of rotatable bonds is 6. The first kappa shape index (κ1) is 29.1. The molecule has 0 fully saturated rings. The summed E-state index contributed by atoms with van der Waals surface area (Å²) < 4.78 is 25.9. The molecule has 3 aliphatic heterocycles. The summed E-state index contributed by atoms with van der Waals surface area (Å²) in [5, 5.41) is 0. The highest BCUT2D eigenvalue weighted by atomic mass is 28.4. The van der Waals surface area contributed by atoms with Gasteiger partial charge in [0.05, 0.1) is 24.6 Å². The molecule has 4 aromatic carbocycles. The van der Waals surface area contributed by atoms with Gasteiger partial charge in [-0.25, -0.2) is 0 Å². The van der Waals surface area contributed by atoms with E-state index in [1.165, 1.54) is 11.1 Å². The Morgan fingerprint density at radius 3 is 1.50 bits per heavy atom. The number of para-hydroxylation sites is 2. The average molecular weight is 579 g/mol. The van der Waals surface area contributed by atoms with Crippen molar-refractivity contribution in [2.45, 2.75) is 46.2 Å². The fraction of sp³-hybridized carbons (Fsp3) is 0.257. The lowest BCUT2D eigenvalue weighted by Gasteiger charge is -2.31. The monoisotopic (exact) mass is 578 g/mol. The molecule has 0 spiro atoms. The smallest absolute Gasteiger partial charge is 0.457 e. The zero-order valence-electron chi connectivity index (χ0n) is 24.8. The highest BCUT2D eigenvalue weighted by Gasteiger charge is 2.38. The Morgan fingerprint density at radius 1 is 0.643 bits per heavy atom. The van der Waals surface area contributed by atoms with Gasteiger partial charge in [0, 0.05) is 36.1 Å². The number of nitrogens with zero attached hydrogens (tertiary/aromatic N) is 2. The zero-order valence-corrected chi connectivity index (χ0v) is 25.8. The van der Waals surface area contributed by atoms with Crippen LogP contribution >= 0.6 is 0 Å². The molecule has 0 N–H and O–H groups in total. The van der Waals surface area contributed by atoms with Crippen LogP contribution in [0.15, 0.2) is 94.9 Å². The van der Waals surface area contributed by atoms with E-state index in [2.05, 4.69) is 37.7 Å².